The monoisotopic (exact) mass is 218 g/mol. The number of hydrogen-bond donors (Lipinski definition) is 1. The molecule has 0 aromatic carbocycles. The van der Waals surface area contributed by atoms with Crippen LogP contribution in [-0.2, 0) is 14.9 Å². The van der Waals surface area contributed by atoms with Crippen molar-refractivity contribution in [2.75, 3.05) is 5.75 Å². The van der Waals surface area contributed by atoms with Crippen molar-refractivity contribution >= 4 is 15.9 Å². The molecule has 2 rings (SSSR count). The maximum Gasteiger partial charge on any atom is 0.265 e. The van der Waals surface area contributed by atoms with E-state index in [-0.39, 0.29) is 11.5 Å². The summed E-state index contributed by atoms with van der Waals surface area (Å²) in [5.41, 5.74) is -0.740. The molecule has 80 valence electrons. The number of carbonyl (C=O) groups is 1. The summed E-state index contributed by atoms with van der Waals surface area (Å²) < 4.78 is 30.5. The van der Waals surface area contributed by atoms with Crippen molar-refractivity contribution in [3.05, 3.63) is 0 Å². The van der Waals surface area contributed by atoms with Crippen molar-refractivity contribution in [3.63, 3.8) is 0 Å². The molecule has 0 spiro atoms. The van der Waals surface area contributed by atoms with Crippen LogP contribution >= 0.6 is 0 Å². The number of carbonyl (C=O) groups excluding carboxylic acids is 1. The smallest absolute Gasteiger partial charge is 0.265 e. The van der Waals surface area contributed by atoms with E-state index in [4.69, 9.17) is 4.55 Å². The lowest BCUT2D eigenvalue weighted by atomic mass is 9.77. The van der Waals surface area contributed by atoms with Crippen LogP contribution in [0.15, 0.2) is 0 Å². The first-order valence-electron chi connectivity index (χ1n) is 4.90. The van der Waals surface area contributed by atoms with E-state index in [9.17, 15) is 13.2 Å². The highest BCUT2D eigenvalue weighted by molar-refractivity contribution is 7.85. The van der Waals surface area contributed by atoms with Crippen LogP contribution in [0.5, 0.6) is 0 Å². The molecule has 2 aliphatic carbocycles. The highest BCUT2D eigenvalue weighted by atomic mass is 32.2. The first-order chi connectivity index (χ1) is 6.41. The van der Waals surface area contributed by atoms with Crippen molar-refractivity contribution in [2.45, 2.75) is 32.1 Å². The Morgan fingerprint density at radius 1 is 1.50 bits per heavy atom. The largest absolute Gasteiger partial charge is 0.299 e. The molecule has 2 bridgehead atoms. The van der Waals surface area contributed by atoms with E-state index in [1.165, 1.54) is 0 Å². The van der Waals surface area contributed by atoms with Gasteiger partial charge in [-0.05, 0) is 25.2 Å². The molecule has 2 fully saturated rings. The highest BCUT2D eigenvalue weighted by Gasteiger charge is 2.50. The average Bonchev–Trinajstić information content (AvgIpc) is 2.19. The maximum absolute atomic E-state index is 11.7. The summed E-state index contributed by atoms with van der Waals surface area (Å²) in [6.07, 6.45) is 3.73. The zero-order chi connectivity index (χ0) is 10.4. The van der Waals surface area contributed by atoms with Gasteiger partial charge in [0.05, 0.1) is 5.75 Å². The van der Waals surface area contributed by atoms with E-state index in [0.29, 0.717) is 25.2 Å². The Morgan fingerprint density at radius 2 is 2.21 bits per heavy atom. The predicted molar refractivity (Wildman–Crippen MR) is 50.4 cm³/mol. The molecule has 0 radical (unpaired) electrons. The Kier molecular flexibility index (Phi) is 2.19. The zero-order valence-electron chi connectivity index (χ0n) is 7.90. The summed E-state index contributed by atoms with van der Waals surface area (Å²) in [7, 11) is -4.02. The lowest BCUT2D eigenvalue weighted by molar-refractivity contribution is -0.125. The summed E-state index contributed by atoms with van der Waals surface area (Å²) in [5.74, 6) is 0.0330. The summed E-state index contributed by atoms with van der Waals surface area (Å²) in [6.45, 7) is 0. The normalized spacial score (nSPS) is 37.5. The third-order valence-corrected chi connectivity index (χ3v) is 4.39. The second kappa shape index (κ2) is 3.03. The summed E-state index contributed by atoms with van der Waals surface area (Å²) in [6, 6.07) is 0. The summed E-state index contributed by atoms with van der Waals surface area (Å²) in [5, 5.41) is 0. The Balaban J connectivity index is 2.26. The number of fused-ring (bicyclic) bond motifs is 2. The minimum Gasteiger partial charge on any atom is -0.299 e. The van der Waals surface area contributed by atoms with Gasteiger partial charge in [-0.15, -0.1) is 0 Å². The Bertz CT molecular complexity index is 359. The third kappa shape index (κ3) is 1.70. The topological polar surface area (TPSA) is 71.4 Å². The average molecular weight is 218 g/mol. The molecule has 0 amide bonds. The van der Waals surface area contributed by atoms with E-state index in [1.807, 2.05) is 0 Å². The van der Waals surface area contributed by atoms with Crippen molar-refractivity contribution in [2.24, 2.45) is 11.3 Å². The van der Waals surface area contributed by atoms with Crippen LogP contribution in [0.4, 0.5) is 0 Å². The maximum atomic E-state index is 11.7. The van der Waals surface area contributed by atoms with Gasteiger partial charge in [-0.1, -0.05) is 6.42 Å². The van der Waals surface area contributed by atoms with Crippen LogP contribution in [-0.4, -0.2) is 24.5 Å². The molecule has 14 heavy (non-hydrogen) atoms. The second-order valence-electron chi connectivity index (χ2n) is 4.60. The molecule has 2 unspecified atom stereocenters. The van der Waals surface area contributed by atoms with Gasteiger partial charge in [0.25, 0.3) is 10.1 Å². The summed E-state index contributed by atoms with van der Waals surface area (Å²) >= 11 is 0. The molecule has 2 saturated carbocycles. The molecule has 0 aromatic rings. The molecule has 0 heterocycles. The van der Waals surface area contributed by atoms with Crippen molar-refractivity contribution in [3.8, 4) is 0 Å². The van der Waals surface area contributed by atoms with Crippen molar-refractivity contribution in [1.29, 1.82) is 0 Å². The van der Waals surface area contributed by atoms with Gasteiger partial charge >= 0.3 is 0 Å². The first kappa shape index (κ1) is 10.1. The number of rotatable bonds is 2. The molecule has 2 aliphatic rings. The Morgan fingerprint density at radius 3 is 2.86 bits per heavy atom. The molecular weight excluding hydrogens is 204 g/mol. The van der Waals surface area contributed by atoms with Crippen LogP contribution < -0.4 is 0 Å². The van der Waals surface area contributed by atoms with Gasteiger partial charge in [0, 0.05) is 11.8 Å². The van der Waals surface area contributed by atoms with Crippen molar-refractivity contribution in [1.82, 2.24) is 0 Å². The van der Waals surface area contributed by atoms with Crippen molar-refractivity contribution < 1.29 is 17.8 Å². The Hall–Kier alpha value is -0.420. The highest BCUT2D eigenvalue weighted by Crippen LogP contribution is 2.49. The predicted octanol–water partition coefficient (Wildman–Crippen LogP) is 1.02. The van der Waals surface area contributed by atoms with Gasteiger partial charge in [0.15, 0.2) is 0 Å². The zero-order valence-corrected chi connectivity index (χ0v) is 8.72. The number of Topliss-reactive ketones (excluding diaryl/α,β-unsaturated/α-hetero) is 1. The van der Waals surface area contributed by atoms with E-state index >= 15 is 0 Å². The molecule has 0 aromatic heterocycles. The third-order valence-electron chi connectivity index (χ3n) is 3.47. The lowest BCUT2D eigenvalue weighted by Gasteiger charge is -2.29. The van der Waals surface area contributed by atoms with Gasteiger partial charge in [0.1, 0.15) is 5.78 Å². The molecule has 0 aliphatic heterocycles. The van der Waals surface area contributed by atoms with Gasteiger partial charge < -0.3 is 0 Å². The fraction of sp³-hybridized carbons (Fsp3) is 0.889. The van der Waals surface area contributed by atoms with E-state index < -0.39 is 15.5 Å². The van der Waals surface area contributed by atoms with E-state index in [2.05, 4.69) is 0 Å². The van der Waals surface area contributed by atoms with Gasteiger partial charge in [-0.2, -0.15) is 8.42 Å². The minimum absolute atomic E-state index is 0.0395. The quantitative estimate of drug-likeness (QED) is 0.702. The molecule has 2 atom stereocenters. The minimum atomic E-state index is -4.02. The fourth-order valence-corrected chi connectivity index (χ4v) is 4.07. The molecule has 1 N–H and O–H groups in total. The Labute approximate surface area is 83.4 Å². The van der Waals surface area contributed by atoms with Crippen LogP contribution in [0.1, 0.15) is 32.1 Å². The molecular formula is C9H14O4S. The number of hydrogen-bond acceptors (Lipinski definition) is 3. The van der Waals surface area contributed by atoms with Crippen LogP contribution in [0.2, 0.25) is 0 Å². The fourth-order valence-electron chi connectivity index (χ4n) is 2.95. The van der Waals surface area contributed by atoms with Crippen LogP contribution in [0, 0.1) is 11.3 Å². The standard InChI is InChI=1S/C9H14O4S/c10-8-4-7-2-1-3-9(8,5-7)6-14(11,12)13/h7H,1-6H2,(H,11,12,13). The first-order valence-corrected chi connectivity index (χ1v) is 6.51. The van der Waals surface area contributed by atoms with Gasteiger partial charge in [0.2, 0.25) is 0 Å². The van der Waals surface area contributed by atoms with Gasteiger partial charge in [-0.25, -0.2) is 0 Å². The SMILES string of the molecule is O=C1CC2CCCC1(CS(=O)(=O)O)C2. The van der Waals surface area contributed by atoms with E-state index in [0.717, 1.165) is 12.8 Å². The van der Waals surface area contributed by atoms with Gasteiger partial charge in [-0.3, -0.25) is 9.35 Å². The van der Waals surface area contributed by atoms with Crippen LogP contribution in [0.25, 0.3) is 0 Å². The second-order valence-corrected chi connectivity index (χ2v) is 6.05. The number of ketones is 1. The lowest BCUT2D eigenvalue weighted by Crippen LogP contribution is -2.35. The van der Waals surface area contributed by atoms with E-state index in [1.54, 1.807) is 0 Å². The van der Waals surface area contributed by atoms with Crippen LogP contribution in [0.3, 0.4) is 0 Å². The molecule has 4 nitrogen and oxygen atoms in total. The molecule has 0 saturated heterocycles. The molecule has 5 heteroatoms. The summed E-state index contributed by atoms with van der Waals surface area (Å²) in [4.78, 5) is 11.7.